The van der Waals surface area contributed by atoms with Gasteiger partial charge in [0, 0.05) is 45.1 Å². The van der Waals surface area contributed by atoms with E-state index in [2.05, 4.69) is 34.2 Å². The van der Waals surface area contributed by atoms with Crippen LogP contribution in [0.3, 0.4) is 0 Å². The third-order valence-electron chi connectivity index (χ3n) is 4.19. The van der Waals surface area contributed by atoms with E-state index in [1.165, 1.54) is 0 Å². The number of H-pyrrole nitrogens is 1. The standard InChI is InChI=1S/C19H23N3O2/c23-18-14-21(10-4-7-16-5-2-1-3-6-16)11-12-22(15-18)19(24)17-8-9-20-13-17/h1-9,13,18,20,23H,10-12,14-15H2/b7-4+/t18-/m0/s1. The Morgan fingerprint density at radius 3 is 2.79 bits per heavy atom. The number of nitrogens with zero attached hydrogens (tertiary/aromatic N) is 2. The molecule has 0 saturated carbocycles. The molecule has 0 unspecified atom stereocenters. The second kappa shape index (κ2) is 7.95. The van der Waals surface area contributed by atoms with Crippen LogP contribution >= 0.6 is 0 Å². The minimum Gasteiger partial charge on any atom is -0.390 e. The van der Waals surface area contributed by atoms with E-state index >= 15 is 0 Å². The molecule has 0 aliphatic carbocycles. The molecule has 3 rings (SSSR count). The van der Waals surface area contributed by atoms with E-state index in [1.807, 2.05) is 18.2 Å². The van der Waals surface area contributed by atoms with Gasteiger partial charge in [-0.05, 0) is 11.6 Å². The van der Waals surface area contributed by atoms with Gasteiger partial charge in [-0.3, -0.25) is 9.69 Å². The summed E-state index contributed by atoms with van der Waals surface area (Å²) in [4.78, 5) is 19.2. The van der Waals surface area contributed by atoms with E-state index in [0.717, 1.165) is 18.7 Å². The molecule has 0 spiro atoms. The van der Waals surface area contributed by atoms with Crippen LogP contribution in [0, 0.1) is 0 Å². The first-order chi connectivity index (χ1) is 11.7. The predicted octanol–water partition coefficient (Wildman–Crippen LogP) is 1.85. The molecule has 2 N–H and O–H groups in total. The maximum absolute atomic E-state index is 12.4. The lowest BCUT2D eigenvalue weighted by molar-refractivity contribution is 0.0665. The van der Waals surface area contributed by atoms with E-state index < -0.39 is 6.10 Å². The number of aromatic amines is 1. The summed E-state index contributed by atoms with van der Waals surface area (Å²) in [7, 11) is 0. The Bertz CT molecular complexity index is 667. The molecule has 1 aromatic carbocycles. The number of aliphatic hydroxyl groups is 1. The minimum absolute atomic E-state index is 0.0306. The molecule has 1 aliphatic rings. The molecular formula is C19H23N3O2. The SMILES string of the molecule is O=C(c1cc[nH]c1)N1CCN(C/C=C/c2ccccc2)C[C@H](O)C1. The van der Waals surface area contributed by atoms with Crippen molar-refractivity contribution in [3.63, 3.8) is 0 Å². The van der Waals surface area contributed by atoms with Crippen LogP contribution in [0.15, 0.2) is 54.9 Å². The van der Waals surface area contributed by atoms with Crippen molar-refractivity contribution >= 4 is 12.0 Å². The number of benzene rings is 1. The summed E-state index contributed by atoms with van der Waals surface area (Å²) >= 11 is 0. The van der Waals surface area contributed by atoms with Crippen LogP contribution in [-0.4, -0.2) is 64.6 Å². The van der Waals surface area contributed by atoms with Crippen molar-refractivity contribution in [1.82, 2.24) is 14.8 Å². The summed E-state index contributed by atoms with van der Waals surface area (Å²) < 4.78 is 0. The monoisotopic (exact) mass is 325 g/mol. The Kier molecular flexibility index (Phi) is 5.46. The molecule has 2 heterocycles. The molecule has 1 aromatic heterocycles. The summed E-state index contributed by atoms with van der Waals surface area (Å²) in [5, 5.41) is 10.2. The van der Waals surface area contributed by atoms with Gasteiger partial charge in [-0.25, -0.2) is 0 Å². The molecule has 1 atom stereocenters. The quantitative estimate of drug-likeness (QED) is 0.902. The molecule has 1 amide bonds. The first kappa shape index (κ1) is 16.5. The van der Waals surface area contributed by atoms with Gasteiger partial charge in [0.15, 0.2) is 0 Å². The summed E-state index contributed by atoms with van der Waals surface area (Å²) in [6.07, 6.45) is 7.09. The maximum atomic E-state index is 12.4. The van der Waals surface area contributed by atoms with Crippen molar-refractivity contribution in [3.05, 3.63) is 66.0 Å². The van der Waals surface area contributed by atoms with Crippen molar-refractivity contribution < 1.29 is 9.90 Å². The van der Waals surface area contributed by atoms with Crippen LogP contribution in [0.25, 0.3) is 6.08 Å². The third-order valence-corrected chi connectivity index (χ3v) is 4.19. The molecule has 0 bridgehead atoms. The Morgan fingerprint density at radius 2 is 2.04 bits per heavy atom. The minimum atomic E-state index is -0.527. The van der Waals surface area contributed by atoms with Crippen molar-refractivity contribution in [3.8, 4) is 0 Å². The highest BCUT2D eigenvalue weighted by Gasteiger charge is 2.24. The average Bonchev–Trinajstić information content (AvgIpc) is 3.06. The highest BCUT2D eigenvalue weighted by molar-refractivity contribution is 5.94. The van der Waals surface area contributed by atoms with Gasteiger partial charge in [-0.15, -0.1) is 0 Å². The Hall–Kier alpha value is -2.37. The number of rotatable bonds is 4. The van der Waals surface area contributed by atoms with E-state index in [4.69, 9.17) is 0 Å². The number of carbonyl (C=O) groups excluding carboxylic acids is 1. The normalized spacial score (nSPS) is 19.5. The second-order valence-corrected chi connectivity index (χ2v) is 6.08. The Morgan fingerprint density at radius 1 is 1.21 bits per heavy atom. The van der Waals surface area contributed by atoms with E-state index in [9.17, 15) is 9.90 Å². The van der Waals surface area contributed by atoms with Crippen molar-refractivity contribution in [1.29, 1.82) is 0 Å². The molecule has 1 saturated heterocycles. The van der Waals surface area contributed by atoms with E-state index in [0.29, 0.717) is 25.2 Å². The second-order valence-electron chi connectivity index (χ2n) is 6.08. The number of β-amino-alcohol motifs (C(OH)–C–C–N with tert-alkyl or cyclic N) is 1. The average molecular weight is 325 g/mol. The Labute approximate surface area is 142 Å². The van der Waals surface area contributed by atoms with E-state index in [-0.39, 0.29) is 5.91 Å². The molecule has 2 aromatic rings. The lowest BCUT2D eigenvalue weighted by Crippen LogP contribution is -2.37. The van der Waals surface area contributed by atoms with Gasteiger partial charge in [0.1, 0.15) is 0 Å². The van der Waals surface area contributed by atoms with Gasteiger partial charge in [0.25, 0.3) is 5.91 Å². The van der Waals surface area contributed by atoms with Crippen LogP contribution in [0.1, 0.15) is 15.9 Å². The van der Waals surface area contributed by atoms with Crippen LogP contribution < -0.4 is 0 Å². The summed E-state index contributed by atoms with van der Waals surface area (Å²) in [6, 6.07) is 11.9. The molecule has 5 heteroatoms. The number of amides is 1. The Balaban J connectivity index is 1.56. The fourth-order valence-corrected chi connectivity index (χ4v) is 2.95. The number of aliphatic hydroxyl groups excluding tert-OH is 1. The zero-order valence-electron chi connectivity index (χ0n) is 13.6. The van der Waals surface area contributed by atoms with Crippen LogP contribution in [0.4, 0.5) is 0 Å². The molecule has 24 heavy (non-hydrogen) atoms. The number of nitrogens with one attached hydrogen (secondary N) is 1. The van der Waals surface area contributed by atoms with Crippen molar-refractivity contribution in [2.75, 3.05) is 32.7 Å². The van der Waals surface area contributed by atoms with Gasteiger partial charge in [-0.1, -0.05) is 42.5 Å². The molecule has 126 valence electrons. The molecule has 1 aliphatic heterocycles. The molecular weight excluding hydrogens is 302 g/mol. The first-order valence-electron chi connectivity index (χ1n) is 8.26. The molecule has 5 nitrogen and oxygen atoms in total. The smallest absolute Gasteiger partial charge is 0.255 e. The van der Waals surface area contributed by atoms with Crippen LogP contribution in [0.2, 0.25) is 0 Å². The summed E-state index contributed by atoms with van der Waals surface area (Å²) in [5.74, 6) is -0.0306. The highest BCUT2D eigenvalue weighted by atomic mass is 16.3. The number of aromatic nitrogens is 1. The van der Waals surface area contributed by atoms with Crippen LogP contribution in [-0.2, 0) is 0 Å². The van der Waals surface area contributed by atoms with Gasteiger partial charge in [0.2, 0.25) is 0 Å². The van der Waals surface area contributed by atoms with Crippen molar-refractivity contribution in [2.24, 2.45) is 0 Å². The summed E-state index contributed by atoms with van der Waals surface area (Å²) in [5.41, 5.74) is 1.80. The largest absolute Gasteiger partial charge is 0.390 e. The lowest BCUT2D eigenvalue weighted by atomic mass is 10.2. The fourth-order valence-electron chi connectivity index (χ4n) is 2.95. The summed E-state index contributed by atoms with van der Waals surface area (Å²) in [6.45, 7) is 3.10. The first-order valence-corrected chi connectivity index (χ1v) is 8.26. The molecule has 0 radical (unpaired) electrons. The highest BCUT2D eigenvalue weighted by Crippen LogP contribution is 2.10. The number of carbonyl (C=O) groups is 1. The third kappa shape index (κ3) is 4.34. The fraction of sp³-hybridized carbons (Fsp3) is 0.316. The van der Waals surface area contributed by atoms with Crippen molar-refractivity contribution in [2.45, 2.75) is 6.10 Å². The predicted molar refractivity (Wildman–Crippen MR) is 94.6 cm³/mol. The zero-order chi connectivity index (χ0) is 16.8. The lowest BCUT2D eigenvalue weighted by Gasteiger charge is -2.21. The molecule has 1 fully saturated rings. The van der Waals surface area contributed by atoms with Gasteiger partial charge in [-0.2, -0.15) is 0 Å². The van der Waals surface area contributed by atoms with Gasteiger partial charge in [0.05, 0.1) is 11.7 Å². The number of hydrogen-bond acceptors (Lipinski definition) is 3. The topological polar surface area (TPSA) is 59.6 Å². The number of hydrogen-bond donors (Lipinski definition) is 2. The van der Waals surface area contributed by atoms with Gasteiger partial charge < -0.3 is 15.0 Å². The van der Waals surface area contributed by atoms with Crippen LogP contribution in [0.5, 0.6) is 0 Å². The van der Waals surface area contributed by atoms with E-state index in [1.54, 1.807) is 23.4 Å². The maximum Gasteiger partial charge on any atom is 0.255 e. The zero-order valence-corrected chi connectivity index (χ0v) is 13.6. The van der Waals surface area contributed by atoms with Gasteiger partial charge >= 0.3 is 0 Å².